The minimum absolute atomic E-state index is 0.0242. The molecule has 0 aliphatic carbocycles. The first-order chi connectivity index (χ1) is 16.7. The topological polar surface area (TPSA) is 85.8 Å². The normalized spacial score (nSPS) is 22.3. The lowest BCUT2D eigenvalue weighted by Crippen LogP contribution is -2.44. The van der Waals surface area contributed by atoms with Gasteiger partial charge in [-0.3, -0.25) is 19.5 Å². The SMILES string of the molecule is O=C(CN1CCCCC(NC(=O)c2ccc3c(c2)C(C2=CC=NCC2)NN3)C1)c1ccccc1. The lowest BCUT2D eigenvalue weighted by Gasteiger charge is -2.24. The number of carbonyl (C=O) groups excluding carboxylic acids is 2. The third-order valence-electron chi connectivity index (χ3n) is 6.82. The number of allylic oxidation sites excluding steroid dienone is 1. The largest absolute Gasteiger partial charge is 0.348 e. The van der Waals surface area contributed by atoms with Gasteiger partial charge in [0.1, 0.15) is 0 Å². The van der Waals surface area contributed by atoms with Gasteiger partial charge in [-0.15, -0.1) is 0 Å². The number of ketones is 1. The van der Waals surface area contributed by atoms with Crippen LogP contribution in [0, 0.1) is 0 Å². The van der Waals surface area contributed by atoms with Gasteiger partial charge in [-0.05, 0) is 55.7 Å². The molecule has 34 heavy (non-hydrogen) atoms. The number of nitrogens with one attached hydrogen (secondary N) is 3. The minimum Gasteiger partial charge on any atom is -0.348 e. The second kappa shape index (κ2) is 10.3. The van der Waals surface area contributed by atoms with E-state index in [1.807, 2.05) is 54.7 Å². The summed E-state index contributed by atoms with van der Waals surface area (Å²) < 4.78 is 0. The fourth-order valence-electron chi connectivity index (χ4n) is 4.99. The molecule has 5 rings (SSSR count). The maximum absolute atomic E-state index is 13.2. The average Bonchev–Trinajstić information content (AvgIpc) is 3.18. The summed E-state index contributed by atoms with van der Waals surface area (Å²) in [7, 11) is 0. The van der Waals surface area contributed by atoms with Crippen LogP contribution in [0.1, 0.15) is 58.0 Å². The summed E-state index contributed by atoms with van der Waals surface area (Å²) in [5.41, 5.74) is 11.3. The Labute approximate surface area is 200 Å². The summed E-state index contributed by atoms with van der Waals surface area (Å²) in [6.45, 7) is 2.74. The van der Waals surface area contributed by atoms with Crippen molar-refractivity contribution in [2.24, 2.45) is 4.99 Å². The highest BCUT2D eigenvalue weighted by Gasteiger charge is 2.27. The molecule has 3 aliphatic heterocycles. The molecule has 7 nitrogen and oxygen atoms in total. The molecule has 176 valence electrons. The van der Waals surface area contributed by atoms with Gasteiger partial charge < -0.3 is 10.7 Å². The third-order valence-corrected chi connectivity index (χ3v) is 6.82. The smallest absolute Gasteiger partial charge is 0.251 e. The monoisotopic (exact) mass is 457 g/mol. The van der Waals surface area contributed by atoms with Gasteiger partial charge in [-0.25, -0.2) is 5.43 Å². The quantitative estimate of drug-likeness (QED) is 0.578. The molecule has 2 atom stereocenters. The molecule has 0 spiro atoms. The number of hydrogen-bond donors (Lipinski definition) is 3. The molecule has 2 unspecified atom stereocenters. The van der Waals surface area contributed by atoms with Crippen molar-refractivity contribution in [3.05, 3.63) is 76.9 Å². The summed E-state index contributed by atoms with van der Waals surface area (Å²) in [4.78, 5) is 32.3. The van der Waals surface area contributed by atoms with Crippen LogP contribution < -0.4 is 16.2 Å². The van der Waals surface area contributed by atoms with E-state index >= 15 is 0 Å². The molecule has 0 radical (unpaired) electrons. The Balaban J connectivity index is 1.24. The van der Waals surface area contributed by atoms with E-state index < -0.39 is 0 Å². The van der Waals surface area contributed by atoms with Gasteiger partial charge in [0, 0.05) is 42.0 Å². The van der Waals surface area contributed by atoms with Gasteiger partial charge in [-0.2, -0.15) is 0 Å². The second-order valence-electron chi connectivity index (χ2n) is 9.24. The molecule has 7 heteroatoms. The predicted molar refractivity (Wildman–Crippen MR) is 134 cm³/mol. The highest BCUT2D eigenvalue weighted by Crippen LogP contribution is 2.35. The van der Waals surface area contributed by atoms with Crippen molar-refractivity contribution in [2.75, 3.05) is 31.6 Å². The molecule has 2 aromatic rings. The van der Waals surface area contributed by atoms with Crippen LogP contribution in [-0.2, 0) is 0 Å². The zero-order valence-corrected chi connectivity index (χ0v) is 19.3. The van der Waals surface area contributed by atoms with E-state index in [4.69, 9.17) is 0 Å². The van der Waals surface area contributed by atoms with Crippen LogP contribution in [0.5, 0.6) is 0 Å². The lowest BCUT2D eigenvalue weighted by atomic mass is 9.94. The molecule has 0 bridgehead atoms. The Morgan fingerprint density at radius 2 is 1.97 bits per heavy atom. The van der Waals surface area contributed by atoms with Gasteiger partial charge in [0.2, 0.25) is 0 Å². The first kappa shape index (κ1) is 22.5. The number of benzene rings is 2. The summed E-state index contributed by atoms with van der Waals surface area (Å²) in [6.07, 6.45) is 7.81. The highest BCUT2D eigenvalue weighted by atomic mass is 16.1. The van der Waals surface area contributed by atoms with Crippen molar-refractivity contribution in [2.45, 2.75) is 37.8 Å². The van der Waals surface area contributed by atoms with Crippen molar-refractivity contribution >= 4 is 23.6 Å². The number of Topliss-reactive ketones (excluding diaryl/α,β-unsaturated/α-hetero) is 1. The number of anilines is 1. The van der Waals surface area contributed by atoms with Gasteiger partial charge in [0.05, 0.1) is 18.3 Å². The van der Waals surface area contributed by atoms with E-state index in [-0.39, 0.29) is 23.8 Å². The highest BCUT2D eigenvalue weighted by molar-refractivity contribution is 5.97. The Bertz CT molecular complexity index is 1110. The number of likely N-dealkylation sites (tertiary alicyclic amines) is 1. The van der Waals surface area contributed by atoms with E-state index in [0.29, 0.717) is 18.7 Å². The minimum atomic E-state index is -0.0612. The fourth-order valence-corrected chi connectivity index (χ4v) is 4.99. The number of carbonyl (C=O) groups is 2. The zero-order chi connectivity index (χ0) is 23.3. The fraction of sp³-hybridized carbons (Fsp3) is 0.370. The molecular weight excluding hydrogens is 426 g/mol. The second-order valence-corrected chi connectivity index (χ2v) is 9.24. The first-order valence-electron chi connectivity index (χ1n) is 12.1. The van der Waals surface area contributed by atoms with Crippen LogP contribution in [0.15, 0.2) is 65.2 Å². The number of aliphatic imine (C=N–C) groups is 1. The molecule has 1 fully saturated rings. The van der Waals surface area contributed by atoms with E-state index in [9.17, 15) is 9.59 Å². The maximum atomic E-state index is 13.2. The Morgan fingerprint density at radius 3 is 2.79 bits per heavy atom. The molecule has 3 heterocycles. The van der Waals surface area contributed by atoms with Gasteiger partial charge in [0.15, 0.2) is 5.78 Å². The number of dihydropyridines is 1. The van der Waals surface area contributed by atoms with E-state index in [1.165, 1.54) is 5.57 Å². The number of rotatable bonds is 6. The Hall–Kier alpha value is -3.29. The molecule has 2 aromatic carbocycles. The van der Waals surface area contributed by atoms with Crippen LogP contribution in [0.3, 0.4) is 0 Å². The maximum Gasteiger partial charge on any atom is 0.251 e. The molecule has 0 aromatic heterocycles. The summed E-state index contributed by atoms with van der Waals surface area (Å²) in [6, 6.07) is 15.3. The molecule has 0 saturated carbocycles. The summed E-state index contributed by atoms with van der Waals surface area (Å²) >= 11 is 0. The Morgan fingerprint density at radius 1 is 1.09 bits per heavy atom. The molecule has 3 aliphatic rings. The predicted octanol–water partition coefficient (Wildman–Crippen LogP) is 3.53. The van der Waals surface area contributed by atoms with E-state index in [2.05, 4.69) is 32.1 Å². The van der Waals surface area contributed by atoms with Crippen molar-refractivity contribution in [1.29, 1.82) is 0 Å². The van der Waals surface area contributed by atoms with E-state index in [0.717, 1.165) is 55.6 Å². The molecule has 3 N–H and O–H groups in total. The Kier molecular flexibility index (Phi) is 6.83. The molecular formula is C27H31N5O2. The zero-order valence-electron chi connectivity index (χ0n) is 19.3. The number of amides is 1. The van der Waals surface area contributed by atoms with Crippen molar-refractivity contribution in [3.63, 3.8) is 0 Å². The van der Waals surface area contributed by atoms with Gasteiger partial charge >= 0.3 is 0 Å². The van der Waals surface area contributed by atoms with Crippen LogP contribution in [-0.4, -0.2) is 55.0 Å². The number of hydrazine groups is 1. The van der Waals surface area contributed by atoms with Crippen LogP contribution in [0.25, 0.3) is 0 Å². The first-order valence-corrected chi connectivity index (χ1v) is 12.1. The van der Waals surface area contributed by atoms with Crippen molar-refractivity contribution in [1.82, 2.24) is 15.6 Å². The van der Waals surface area contributed by atoms with Crippen LogP contribution in [0.4, 0.5) is 5.69 Å². The van der Waals surface area contributed by atoms with Crippen molar-refractivity contribution < 1.29 is 9.59 Å². The number of nitrogens with zero attached hydrogens (tertiary/aromatic N) is 2. The molecule has 1 amide bonds. The summed E-state index contributed by atoms with van der Waals surface area (Å²) in [5.74, 6) is 0.0631. The summed E-state index contributed by atoms with van der Waals surface area (Å²) in [5, 5.41) is 3.24. The standard InChI is InChI=1S/C27H31N5O2/c33-25(19-6-2-1-3-7-19)18-32-15-5-4-8-22(17-32)29-27(34)21-9-10-24-23(16-21)26(31-30-24)20-11-13-28-14-12-20/h1-3,6-7,9-11,13,16,22,26,30-31H,4-5,8,12,14-15,17-18H2,(H,29,34). The van der Waals surface area contributed by atoms with Crippen LogP contribution >= 0.6 is 0 Å². The molecule has 1 saturated heterocycles. The van der Waals surface area contributed by atoms with E-state index in [1.54, 1.807) is 0 Å². The van der Waals surface area contributed by atoms with Crippen LogP contribution in [0.2, 0.25) is 0 Å². The number of hydrogen-bond acceptors (Lipinski definition) is 6. The number of fused-ring (bicyclic) bond motifs is 1. The third kappa shape index (κ3) is 5.11. The van der Waals surface area contributed by atoms with Gasteiger partial charge in [0.25, 0.3) is 5.91 Å². The van der Waals surface area contributed by atoms with Gasteiger partial charge in [-0.1, -0.05) is 36.8 Å². The lowest BCUT2D eigenvalue weighted by molar-refractivity contribution is 0.0905. The average molecular weight is 458 g/mol. The van der Waals surface area contributed by atoms with Crippen molar-refractivity contribution in [3.8, 4) is 0 Å².